The van der Waals surface area contributed by atoms with Gasteiger partial charge in [0.25, 0.3) is 5.91 Å². The van der Waals surface area contributed by atoms with Crippen molar-refractivity contribution in [1.82, 2.24) is 15.5 Å². The normalized spacial score (nSPS) is 14.0. The molecule has 1 saturated heterocycles. The smallest absolute Gasteiger partial charge is 0.251 e. The quantitative estimate of drug-likeness (QED) is 0.470. The summed E-state index contributed by atoms with van der Waals surface area (Å²) in [7, 11) is 0. The third kappa shape index (κ3) is 8.37. The van der Waals surface area contributed by atoms with Crippen LogP contribution in [-0.4, -0.2) is 69.1 Å². The van der Waals surface area contributed by atoms with Gasteiger partial charge in [-0.15, -0.1) is 0 Å². The summed E-state index contributed by atoms with van der Waals surface area (Å²) in [5.74, 6) is 0.318. The van der Waals surface area contributed by atoms with Crippen LogP contribution in [0.25, 0.3) is 0 Å². The van der Waals surface area contributed by atoms with Crippen LogP contribution in [0.1, 0.15) is 42.1 Å². The van der Waals surface area contributed by atoms with Crippen molar-refractivity contribution < 1.29 is 14.3 Å². The van der Waals surface area contributed by atoms with E-state index in [0.717, 1.165) is 57.7 Å². The molecule has 184 valence electrons. The fraction of sp³-hybridized carbons (Fsp3) is 0.481. The molecule has 1 fully saturated rings. The molecule has 0 atom stereocenters. The molecule has 7 nitrogen and oxygen atoms in total. The summed E-state index contributed by atoms with van der Waals surface area (Å²) in [6.45, 7) is 10.6. The summed E-state index contributed by atoms with van der Waals surface area (Å²) < 4.78 is 5.61. The summed E-state index contributed by atoms with van der Waals surface area (Å²) in [6, 6.07) is 15.7. The molecular formula is C27H38N4O3. The number of anilines is 1. The van der Waals surface area contributed by atoms with Gasteiger partial charge in [0.15, 0.2) is 0 Å². The second-order valence-corrected chi connectivity index (χ2v) is 8.78. The molecule has 0 aliphatic carbocycles. The molecule has 34 heavy (non-hydrogen) atoms. The van der Waals surface area contributed by atoms with Gasteiger partial charge in [-0.25, -0.2) is 0 Å². The van der Waals surface area contributed by atoms with Gasteiger partial charge in [-0.2, -0.15) is 0 Å². The summed E-state index contributed by atoms with van der Waals surface area (Å²) in [5, 5.41) is 5.57. The second-order valence-electron chi connectivity index (χ2n) is 8.78. The Kier molecular flexibility index (Phi) is 10.2. The molecule has 0 bridgehead atoms. The van der Waals surface area contributed by atoms with E-state index in [1.165, 1.54) is 11.3 Å². The van der Waals surface area contributed by atoms with Crippen LogP contribution in [0.15, 0.2) is 48.5 Å². The minimum atomic E-state index is -0.262. The number of benzene rings is 2. The van der Waals surface area contributed by atoms with Crippen molar-refractivity contribution in [2.24, 2.45) is 0 Å². The van der Waals surface area contributed by atoms with Crippen molar-refractivity contribution in [1.29, 1.82) is 0 Å². The Balaban J connectivity index is 1.26. The van der Waals surface area contributed by atoms with E-state index in [2.05, 4.69) is 58.5 Å². The molecule has 2 amide bonds. The number of hydrogen-bond acceptors (Lipinski definition) is 5. The lowest BCUT2D eigenvalue weighted by atomic mass is 10.2. The van der Waals surface area contributed by atoms with Gasteiger partial charge >= 0.3 is 0 Å². The third-order valence-electron chi connectivity index (χ3n) is 6.01. The molecule has 0 radical (unpaired) electrons. The van der Waals surface area contributed by atoms with E-state index >= 15 is 0 Å². The summed E-state index contributed by atoms with van der Waals surface area (Å²) in [4.78, 5) is 29.2. The number of unbranched alkanes of at least 4 members (excludes halogenated alkanes) is 1. The van der Waals surface area contributed by atoms with Crippen molar-refractivity contribution >= 4 is 17.5 Å². The molecule has 2 aromatic carbocycles. The minimum Gasteiger partial charge on any atom is -0.494 e. The molecule has 0 aromatic heterocycles. The Bertz CT molecular complexity index is 908. The third-order valence-corrected chi connectivity index (χ3v) is 6.01. The zero-order valence-corrected chi connectivity index (χ0v) is 20.5. The number of aryl methyl sites for hydroxylation is 1. The second kappa shape index (κ2) is 13.6. The lowest BCUT2D eigenvalue weighted by Crippen LogP contribution is -2.47. The van der Waals surface area contributed by atoms with Crippen LogP contribution in [0.3, 0.4) is 0 Å². The number of nitrogens with zero attached hydrogens (tertiary/aromatic N) is 2. The van der Waals surface area contributed by atoms with Gasteiger partial charge in [0.05, 0.1) is 13.2 Å². The average Bonchev–Trinajstić information content (AvgIpc) is 2.86. The monoisotopic (exact) mass is 466 g/mol. The summed E-state index contributed by atoms with van der Waals surface area (Å²) in [6.07, 6.45) is 2.97. The number of carbonyl (C=O) groups excluding carboxylic acids is 2. The highest BCUT2D eigenvalue weighted by Crippen LogP contribution is 2.17. The zero-order valence-electron chi connectivity index (χ0n) is 20.5. The molecule has 0 saturated carbocycles. The van der Waals surface area contributed by atoms with Gasteiger partial charge in [-0.05, 0) is 68.3 Å². The lowest BCUT2D eigenvalue weighted by Gasteiger charge is -2.36. The number of carbonyl (C=O) groups is 2. The summed E-state index contributed by atoms with van der Waals surface area (Å²) >= 11 is 0. The van der Waals surface area contributed by atoms with Gasteiger partial charge in [-0.1, -0.05) is 25.5 Å². The maximum absolute atomic E-state index is 12.3. The van der Waals surface area contributed by atoms with E-state index < -0.39 is 0 Å². The van der Waals surface area contributed by atoms with E-state index in [1.807, 2.05) is 0 Å². The van der Waals surface area contributed by atoms with Crippen molar-refractivity contribution in [3.8, 4) is 5.75 Å². The zero-order chi connectivity index (χ0) is 24.2. The molecule has 2 N–H and O–H groups in total. The van der Waals surface area contributed by atoms with E-state index in [9.17, 15) is 9.59 Å². The maximum Gasteiger partial charge on any atom is 0.251 e. The van der Waals surface area contributed by atoms with Crippen LogP contribution >= 0.6 is 0 Å². The van der Waals surface area contributed by atoms with Crippen molar-refractivity contribution in [3.63, 3.8) is 0 Å². The highest BCUT2D eigenvalue weighted by molar-refractivity contribution is 5.96. The van der Waals surface area contributed by atoms with Crippen molar-refractivity contribution in [2.75, 3.05) is 57.3 Å². The molecule has 0 spiro atoms. The Hall–Kier alpha value is -3.06. The molecule has 2 aromatic rings. The highest BCUT2D eigenvalue weighted by Gasteiger charge is 2.17. The number of hydrogen-bond donors (Lipinski definition) is 2. The predicted molar refractivity (Wildman–Crippen MR) is 137 cm³/mol. The SMILES string of the molecule is CCCCOc1ccc(C(=O)NCC(=O)NCCCN2CCN(c3cccc(C)c3)CC2)cc1. The van der Waals surface area contributed by atoms with E-state index in [1.54, 1.807) is 24.3 Å². The Morgan fingerprint density at radius 2 is 1.74 bits per heavy atom. The molecule has 3 rings (SSSR count). The lowest BCUT2D eigenvalue weighted by molar-refractivity contribution is -0.120. The van der Waals surface area contributed by atoms with Gasteiger partial charge in [0.2, 0.25) is 5.91 Å². The number of nitrogens with one attached hydrogen (secondary N) is 2. The van der Waals surface area contributed by atoms with Gasteiger partial charge in [-0.3, -0.25) is 14.5 Å². The first-order valence-corrected chi connectivity index (χ1v) is 12.4. The van der Waals surface area contributed by atoms with Gasteiger partial charge < -0.3 is 20.3 Å². The standard InChI is InChI=1S/C27H38N4O3/c1-3-4-19-34-25-11-9-23(10-12-25)27(33)29-21-26(32)28-13-6-14-30-15-17-31(18-16-30)24-8-5-7-22(2)20-24/h5,7-12,20H,3-4,6,13-19,21H2,1-2H3,(H,28,32)(H,29,33). The van der Waals surface area contributed by atoms with Crippen LogP contribution in [-0.2, 0) is 4.79 Å². The Morgan fingerprint density at radius 1 is 0.971 bits per heavy atom. The van der Waals surface area contributed by atoms with Crippen molar-refractivity contribution in [3.05, 3.63) is 59.7 Å². The Labute approximate surface area is 203 Å². The first-order chi connectivity index (χ1) is 16.5. The molecule has 1 aliphatic rings. The molecule has 1 heterocycles. The number of ether oxygens (including phenoxy) is 1. The molecule has 0 unspecified atom stereocenters. The largest absolute Gasteiger partial charge is 0.494 e. The van der Waals surface area contributed by atoms with Crippen LogP contribution < -0.4 is 20.3 Å². The van der Waals surface area contributed by atoms with Crippen LogP contribution in [0, 0.1) is 6.92 Å². The van der Waals surface area contributed by atoms with Gasteiger partial charge in [0, 0.05) is 44.0 Å². The topological polar surface area (TPSA) is 73.9 Å². The van der Waals surface area contributed by atoms with Crippen LogP contribution in [0.5, 0.6) is 5.75 Å². The fourth-order valence-electron chi connectivity index (χ4n) is 3.95. The highest BCUT2D eigenvalue weighted by atomic mass is 16.5. The molecular weight excluding hydrogens is 428 g/mol. The average molecular weight is 467 g/mol. The maximum atomic E-state index is 12.3. The molecule has 1 aliphatic heterocycles. The van der Waals surface area contributed by atoms with Crippen molar-refractivity contribution in [2.45, 2.75) is 33.1 Å². The van der Waals surface area contributed by atoms with E-state index in [0.29, 0.717) is 18.7 Å². The predicted octanol–water partition coefficient (Wildman–Crippen LogP) is 3.23. The van der Waals surface area contributed by atoms with E-state index in [-0.39, 0.29) is 18.4 Å². The van der Waals surface area contributed by atoms with Crippen LogP contribution in [0.2, 0.25) is 0 Å². The van der Waals surface area contributed by atoms with E-state index in [4.69, 9.17) is 4.74 Å². The number of piperazine rings is 1. The number of rotatable bonds is 12. The minimum absolute atomic E-state index is 0.0250. The Morgan fingerprint density at radius 3 is 2.44 bits per heavy atom. The first kappa shape index (κ1) is 25.6. The van der Waals surface area contributed by atoms with Gasteiger partial charge in [0.1, 0.15) is 5.75 Å². The summed E-state index contributed by atoms with van der Waals surface area (Å²) in [5.41, 5.74) is 3.10. The fourth-order valence-corrected chi connectivity index (χ4v) is 3.95. The van der Waals surface area contributed by atoms with Crippen LogP contribution in [0.4, 0.5) is 5.69 Å². The number of amides is 2. The first-order valence-electron chi connectivity index (χ1n) is 12.4. The molecule has 7 heteroatoms.